The molecule has 20 heavy (non-hydrogen) atoms. The molecule has 2 rings (SSSR count). The third-order valence-corrected chi connectivity index (χ3v) is 5.05. The van der Waals surface area contributed by atoms with Crippen molar-refractivity contribution in [3.8, 4) is 0 Å². The molecule has 2 aromatic rings. The maximum atomic E-state index is 11.8. The SMILES string of the molecule is O=C(CNCc1sccc1Br)Nc1c(Cl)cccc1Cl. The Bertz CT molecular complexity index is 598. The topological polar surface area (TPSA) is 41.1 Å². The maximum Gasteiger partial charge on any atom is 0.238 e. The van der Waals surface area contributed by atoms with Crippen molar-refractivity contribution in [3.63, 3.8) is 0 Å². The second-order valence-electron chi connectivity index (χ2n) is 3.94. The molecule has 0 aliphatic carbocycles. The fourth-order valence-corrected chi connectivity index (χ4v) is 3.50. The van der Waals surface area contributed by atoms with E-state index in [1.54, 1.807) is 29.5 Å². The first-order chi connectivity index (χ1) is 9.58. The molecular formula is C13H11BrCl2N2OS. The number of amides is 1. The molecule has 1 heterocycles. The number of halogens is 3. The van der Waals surface area contributed by atoms with E-state index in [2.05, 4.69) is 26.6 Å². The zero-order valence-corrected chi connectivity index (χ0v) is 14.2. The minimum atomic E-state index is -0.187. The van der Waals surface area contributed by atoms with Gasteiger partial charge in [0.15, 0.2) is 0 Å². The molecule has 0 fully saturated rings. The summed E-state index contributed by atoms with van der Waals surface area (Å²) < 4.78 is 1.05. The first-order valence-electron chi connectivity index (χ1n) is 5.74. The number of nitrogens with one attached hydrogen (secondary N) is 2. The van der Waals surface area contributed by atoms with E-state index in [4.69, 9.17) is 23.2 Å². The molecule has 1 amide bonds. The van der Waals surface area contributed by atoms with Gasteiger partial charge in [0.25, 0.3) is 0 Å². The molecule has 0 spiro atoms. The predicted molar refractivity (Wildman–Crippen MR) is 88.8 cm³/mol. The molecule has 0 bridgehead atoms. The standard InChI is InChI=1S/C13H11BrCl2N2OS/c14-8-4-5-20-11(8)6-17-7-12(19)18-13-9(15)2-1-3-10(13)16/h1-5,17H,6-7H2,(H,18,19). The molecule has 0 radical (unpaired) electrons. The van der Waals surface area contributed by atoms with Crippen molar-refractivity contribution >= 4 is 62.1 Å². The Balaban J connectivity index is 1.85. The van der Waals surface area contributed by atoms with Crippen LogP contribution in [0, 0.1) is 0 Å². The second kappa shape index (κ2) is 7.43. The van der Waals surface area contributed by atoms with Crippen molar-refractivity contribution in [3.05, 3.63) is 49.0 Å². The minimum absolute atomic E-state index is 0.186. The van der Waals surface area contributed by atoms with Crippen molar-refractivity contribution < 1.29 is 4.79 Å². The molecule has 2 N–H and O–H groups in total. The van der Waals surface area contributed by atoms with Gasteiger partial charge in [-0.1, -0.05) is 29.3 Å². The Morgan fingerprint density at radius 2 is 1.95 bits per heavy atom. The summed E-state index contributed by atoms with van der Waals surface area (Å²) in [4.78, 5) is 13.0. The number of rotatable bonds is 5. The van der Waals surface area contributed by atoms with Gasteiger partial charge < -0.3 is 10.6 Å². The van der Waals surface area contributed by atoms with Gasteiger partial charge in [-0.2, -0.15) is 0 Å². The quantitative estimate of drug-likeness (QED) is 0.782. The van der Waals surface area contributed by atoms with Crippen LogP contribution in [-0.2, 0) is 11.3 Å². The summed E-state index contributed by atoms with van der Waals surface area (Å²) in [6.07, 6.45) is 0. The normalized spacial score (nSPS) is 10.6. The van der Waals surface area contributed by atoms with Crippen LogP contribution < -0.4 is 10.6 Å². The number of para-hydroxylation sites is 1. The Morgan fingerprint density at radius 1 is 1.25 bits per heavy atom. The Kier molecular flexibility index (Phi) is 5.86. The van der Waals surface area contributed by atoms with E-state index >= 15 is 0 Å². The van der Waals surface area contributed by atoms with Crippen molar-refractivity contribution in [2.45, 2.75) is 6.54 Å². The van der Waals surface area contributed by atoms with Crippen molar-refractivity contribution in [2.24, 2.45) is 0 Å². The molecule has 0 saturated carbocycles. The third kappa shape index (κ3) is 4.20. The number of benzene rings is 1. The van der Waals surface area contributed by atoms with Crippen LogP contribution in [0.15, 0.2) is 34.1 Å². The van der Waals surface area contributed by atoms with E-state index in [1.807, 2.05) is 11.4 Å². The van der Waals surface area contributed by atoms with Crippen LogP contribution in [0.4, 0.5) is 5.69 Å². The Morgan fingerprint density at radius 3 is 2.55 bits per heavy atom. The predicted octanol–water partition coefficient (Wildman–Crippen LogP) is 4.55. The van der Waals surface area contributed by atoms with Crippen LogP contribution >= 0.6 is 50.5 Å². The molecule has 106 valence electrons. The summed E-state index contributed by atoms with van der Waals surface area (Å²) in [5.41, 5.74) is 0.444. The molecular weight excluding hydrogens is 383 g/mol. The highest BCUT2D eigenvalue weighted by Gasteiger charge is 2.09. The Labute approximate surface area is 139 Å². The van der Waals surface area contributed by atoms with Gasteiger partial charge >= 0.3 is 0 Å². The lowest BCUT2D eigenvalue weighted by Gasteiger charge is -2.09. The highest BCUT2D eigenvalue weighted by Crippen LogP contribution is 2.29. The van der Waals surface area contributed by atoms with Gasteiger partial charge in [0, 0.05) is 15.9 Å². The summed E-state index contributed by atoms with van der Waals surface area (Å²) in [6.45, 7) is 0.813. The lowest BCUT2D eigenvalue weighted by Crippen LogP contribution is -2.27. The highest BCUT2D eigenvalue weighted by molar-refractivity contribution is 9.10. The number of carbonyl (C=O) groups excluding carboxylic acids is 1. The maximum absolute atomic E-state index is 11.8. The van der Waals surface area contributed by atoms with Gasteiger partial charge in [-0.3, -0.25) is 4.79 Å². The van der Waals surface area contributed by atoms with Gasteiger partial charge in [-0.25, -0.2) is 0 Å². The van der Waals surface area contributed by atoms with E-state index in [0.717, 1.165) is 9.35 Å². The average Bonchev–Trinajstić information content (AvgIpc) is 2.80. The van der Waals surface area contributed by atoms with E-state index in [-0.39, 0.29) is 12.5 Å². The van der Waals surface area contributed by atoms with Gasteiger partial charge in [-0.15, -0.1) is 11.3 Å². The van der Waals surface area contributed by atoms with Crippen LogP contribution in [0.2, 0.25) is 10.0 Å². The van der Waals surface area contributed by atoms with Crippen LogP contribution in [-0.4, -0.2) is 12.5 Å². The molecule has 1 aromatic carbocycles. The van der Waals surface area contributed by atoms with Gasteiger partial charge in [0.1, 0.15) is 0 Å². The number of hydrogen-bond acceptors (Lipinski definition) is 3. The summed E-state index contributed by atoms with van der Waals surface area (Å²) in [6, 6.07) is 7.07. The van der Waals surface area contributed by atoms with Crippen molar-refractivity contribution in [1.82, 2.24) is 5.32 Å². The smallest absolute Gasteiger partial charge is 0.238 e. The van der Waals surface area contributed by atoms with Crippen LogP contribution in [0.25, 0.3) is 0 Å². The molecule has 1 aromatic heterocycles. The van der Waals surface area contributed by atoms with E-state index in [0.29, 0.717) is 22.3 Å². The fourth-order valence-electron chi connectivity index (χ4n) is 1.54. The molecule has 0 atom stereocenters. The molecule has 0 aliphatic rings. The van der Waals surface area contributed by atoms with E-state index in [1.165, 1.54) is 0 Å². The van der Waals surface area contributed by atoms with Crippen LogP contribution in [0.3, 0.4) is 0 Å². The van der Waals surface area contributed by atoms with E-state index < -0.39 is 0 Å². The third-order valence-electron chi connectivity index (χ3n) is 2.49. The number of thiophene rings is 1. The number of anilines is 1. The number of carbonyl (C=O) groups is 1. The largest absolute Gasteiger partial charge is 0.322 e. The van der Waals surface area contributed by atoms with Crippen LogP contribution in [0.1, 0.15) is 4.88 Å². The summed E-state index contributed by atoms with van der Waals surface area (Å²) in [5, 5.41) is 8.61. The van der Waals surface area contributed by atoms with Crippen molar-refractivity contribution in [1.29, 1.82) is 0 Å². The number of hydrogen-bond donors (Lipinski definition) is 2. The van der Waals surface area contributed by atoms with Gasteiger partial charge in [-0.05, 0) is 39.5 Å². The second-order valence-corrected chi connectivity index (χ2v) is 6.61. The highest BCUT2D eigenvalue weighted by atomic mass is 79.9. The van der Waals surface area contributed by atoms with Crippen LogP contribution in [0.5, 0.6) is 0 Å². The van der Waals surface area contributed by atoms with Gasteiger partial charge in [0.05, 0.1) is 22.3 Å². The Hall–Kier alpha value is -0.590. The first-order valence-corrected chi connectivity index (χ1v) is 8.17. The van der Waals surface area contributed by atoms with Gasteiger partial charge in [0.2, 0.25) is 5.91 Å². The minimum Gasteiger partial charge on any atom is -0.322 e. The molecule has 0 aliphatic heterocycles. The van der Waals surface area contributed by atoms with Crippen molar-refractivity contribution in [2.75, 3.05) is 11.9 Å². The van der Waals surface area contributed by atoms with E-state index in [9.17, 15) is 4.79 Å². The summed E-state index contributed by atoms with van der Waals surface area (Å²) in [5.74, 6) is -0.187. The zero-order chi connectivity index (χ0) is 14.5. The lowest BCUT2D eigenvalue weighted by atomic mass is 10.3. The lowest BCUT2D eigenvalue weighted by molar-refractivity contribution is -0.115. The fraction of sp³-hybridized carbons (Fsp3) is 0.154. The molecule has 0 saturated heterocycles. The first kappa shape index (κ1) is 15.8. The average molecular weight is 394 g/mol. The summed E-state index contributed by atoms with van der Waals surface area (Å²) >= 11 is 17.0. The molecule has 3 nitrogen and oxygen atoms in total. The summed E-state index contributed by atoms with van der Waals surface area (Å²) in [7, 11) is 0. The molecule has 7 heteroatoms. The monoisotopic (exact) mass is 392 g/mol. The zero-order valence-electron chi connectivity index (χ0n) is 10.3. The molecule has 0 unspecified atom stereocenters.